The van der Waals surface area contributed by atoms with Gasteiger partial charge in [0.25, 0.3) is 0 Å². The number of nitrogens with two attached hydrogens (primary N) is 1. The summed E-state index contributed by atoms with van der Waals surface area (Å²) in [5.74, 6) is 0.190. The van der Waals surface area contributed by atoms with Gasteiger partial charge >= 0.3 is 0 Å². The topological polar surface area (TPSA) is 86.0 Å². The maximum atomic E-state index is 13.5. The van der Waals surface area contributed by atoms with Crippen LogP contribution in [0.4, 0.5) is 10.2 Å². The monoisotopic (exact) mass is 418 g/mol. The Labute approximate surface area is 179 Å². The van der Waals surface area contributed by atoms with E-state index in [1.807, 2.05) is 24.5 Å². The largest absolute Gasteiger partial charge is 0.384 e. The number of anilines is 1. The standard InChI is InChI=1S/C23H23FN6O/c24-18-3-1-16(2-4-18)22-23(17-5-9-26-21(25)13-17)30(15-27-22)20-6-10-29(11-7-20)14-19-8-12-31-28-19/h1-5,8-9,12-13,15,20H,6-7,10-11,14H2,(H2,25,26). The third-order valence-electron chi connectivity index (χ3n) is 5.79. The molecule has 31 heavy (non-hydrogen) atoms. The second-order valence-corrected chi connectivity index (χ2v) is 7.82. The normalized spacial score (nSPS) is 15.4. The molecule has 3 aromatic heterocycles. The van der Waals surface area contributed by atoms with Crippen LogP contribution in [0.25, 0.3) is 22.5 Å². The number of pyridine rings is 1. The molecule has 5 rings (SSSR count). The Balaban J connectivity index is 1.45. The number of nitrogen functional groups attached to an aromatic ring is 1. The Morgan fingerprint density at radius 3 is 2.55 bits per heavy atom. The van der Waals surface area contributed by atoms with Gasteiger partial charge in [0.15, 0.2) is 0 Å². The van der Waals surface area contributed by atoms with Gasteiger partial charge in [-0.2, -0.15) is 0 Å². The minimum absolute atomic E-state index is 0.266. The molecule has 8 heteroatoms. The molecule has 2 N–H and O–H groups in total. The zero-order valence-electron chi connectivity index (χ0n) is 17.0. The smallest absolute Gasteiger partial charge is 0.124 e. The van der Waals surface area contributed by atoms with E-state index in [-0.39, 0.29) is 5.82 Å². The molecule has 4 heterocycles. The molecule has 0 radical (unpaired) electrons. The summed E-state index contributed by atoms with van der Waals surface area (Å²) in [7, 11) is 0. The average Bonchev–Trinajstić information content (AvgIpc) is 3.45. The van der Waals surface area contributed by atoms with Gasteiger partial charge in [-0.05, 0) is 49.2 Å². The lowest BCUT2D eigenvalue weighted by molar-refractivity contribution is 0.176. The highest BCUT2D eigenvalue weighted by atomic mass is 19.1. The molecule has 0 saturated carbocycles. The number of benzene rings is 1. The van der Waals surface area contributed by atoms with Crippen LogP contribution in [-0.2, 0) is 6.54 Å². The quantitative estimate of drug-likeness (QED) is 0.524. The van der Waals surface area contributed by atoms with E-state index in [0.717, 1.165) is 60.7 Å². The first-order chi connectivity index (χ1) is 15.2. The zero-order valence-corrected chi connectivity index (χ0v) is 17.0. The number of rotatable bonds is 5. The molecule has 1 aromatic carbocycles. The fraction of sp³-hybridized carbons (Fsp3) is 0.261. The Morgan fingerprint density at radius 2 is 1.84 bits per heavy atom. The maximum Gasteiger partial charge on any atom is 0.124 e. The first-order valence-corrected chi connectivity index (χ1v) is 10.3. The Morgan fingerprint density at radius 1 is 1.03 bits per heavy atom. The van der Waals surface area contributed by atoms with Crippen LogP contribution < -0.4 is 5.73 Å². The predicted molar refractivity (Wildman–Crippen MR) is 115 cm³/mol. The van der Waals surface area contributed by atoms with Crippen molar-refractivity contribution in [2.24, 2.45) is 0 Å². The van der Waals surface area contributed by atoms with Crippen molar-refractivity contribution in [3.8, 4) is 22.5 Å². The summed E-state index contributed by atoms with van der Waals surface area (Å²) >= 11 is 0. The van der Waals surface area contributed by atoms with E-state index in [4.69, 9.17) is 15.2 Å². The van der Waals surface area contributed by atoms with Crippen LogP contribution in [0, 0.1) is 5.82 Å². The van der Waals surface area contributed by atoms with Crippen LogP contribution in [0.1, 0.15) is 24.6 Å². The fourth-order valence-electron chi connectivity index (χ4n) is 4.24. The summed E-state index contributed by atoms with van der Waals surface area (Å²) in [5.41, 5.74) is 10.5. The molecule has 1 aliphatic rings. The van der Waals surface area contributed by atoms with E-state index >= 15 is 0 Å². The number of piperidine rings is 1. The summed E-state index contributed by atoms with van der Waals surface area (Å²) in [5, 5.41) is 4.02. The van der Waals surface area contributed by atoms with Crippen molar-refractivity contribution in [2.45, 2.75) is 25.4 Å². The van der Waals surface area contributed by atoms with Crippen molar-refractivity contribution in [3.05, 3.63) is 72.8 Å². The number of hydrogen-bond donors (Lipinski definition) is 1. The van der Waals surface area contributed by atoms with Crippen LogP contribution >= 0.6 is 0 Å². The van der Waals surface area contributed by atoms with Gasteiger partial charge in [-0.25, -0.2) is 14.4 Å². The molecule has 158 valence electrons. The number of halogens is 1. The molecule has 0 bridgehead atoms. The summed E-state index contributed by atoms with van der Waals surface area (Å²) in [6.07, 6.45) is 7.19. The van der Waals surface area contributed by atoms with Crippen molar-refractivity contribution >= 4 is 5.82 Å². The second kappa shape index (κ2) is 8.31. The van der Waals surface area contributed by atoms with E-state index in [1.54, 1.807) is 24.6 Å². The summed E-state index contributed by atoms with van der Waals surface area (Å²) < 4.78 is 20.7. The van der Waals surface area contributed by atoms with Gasteiger partial charge in [-0.15, -0.1) is 0 Å². The van der Waals surface area contributed by atoms with Gasteiger partial charge in [0.1, 0.15) is 17.9 Å². The third kappa shape index (κ3) is 4.06. The van der Waals surface area contributed by atoms with Crippen molar-refractivity contribution in [2.75, 3.05) is 18.8 Å². The molecule has 1 fully saturated rings. The first-order valence-electron chi connectivity index (χ1n) is 10.3. The molecule has 0 amide bonds. The Hall–Kier alpha value is -3.52. The Bertz CT molecular complexity index is 1150. The third-order valence-corrected chi connectivity index (χ3v) is 5.79. The minimum atomic E-state index is -0.266. The van der Waals surface area contributed by atoms with Crippen LogP contribution in [0.15, 0.2) is 65.8 Å². The van der Waals surface area contributed by atoms with Gasteiger partial charge in [0.2, 0.25) is 0 Å². The zero-order chi connectivity index (χ0) is 21.2. The highest BCUT2D eigenvalue weighted by molar-refractivity contribution is 5.79. The molecule has 7 nitrogen and oxygen atoms in total. The van der Waals surface area contributed by atoms with Crippen molar-refractivity contribution in [1.29, 1.82) is 0 Å². The molecular formula is C23H23FN6O. The Kier molecular flexibility index (Phi) is 5.21. The first kappa shape index (κ1) is 19.4. The number of imidazole rings is 1. The highest BCUT2D eigenvalue weighted by Gasteiger charge is 2.25. The van der Waals surface area contributed by atoms with Crippen LogP contribution in [0.5, 0.6) is 0 Å². The van der Waals surface area contributed by atoms with E-state index in [2.05, 4.69) is 19.6 Å². The minimum Gasteiger partial charge on any atom is -0.384 e. The maximum absolute atomic E-state index is 13.5. The average molecular weight is 418 g/mol. The van der Waals surface area contributed by atoms with Gasteiger partial charge in [0, 0.05) is 49.1 Å². The van der Waals surface area contributed by atoms with Gasteiger partial charge < -0.3 is 14.8 Å². The number of aromatic nitrogens is 4. The lowest BCUT2D eigenvalue weighted by Crippen LogP contribution is -2.34. The number of likely N-dealkylation sites (tertiary alicyclic amines) is 1. The lowest BCUT2D eigenvalue weighted by atomic mass is 10.0. The van der Waals surface area contributed by atoms with E-state index in [9.17, 15) is 4.39 Å². The van der Waals surface area contributed by atoms with Crippen LogP contribution in [-0.4, -0.2) is 37.7 Å². The van der Waals surface area contributed by atoms with Crippen molar-refractivity contribution in [1.82, 2.24) is 24.6 Å². The number of nitrogens with zero attached hydrogens (tertiary/aromatic N) is 5. The van der Waals surface area contributed by atoms with Crippen LogP contribution in [0.3, 0.4) is 0 Å². The van der Waals surface area contributed by atoms with E-state index < -0.39 is 0 Å². The molecule has 0 unspecified atom stereocenters. The highest BCUT2D eigenvalue weighted by Crippen LogP contribution is 2.36. The van der Waals surface area contributed by atoms with Gasteiger partial charge in [0.05, 0.1) is 23.4 Å². The van der Waals surface area contributed by atoms with Crippen LogP contribution in [0.2, 0.25) is 0 Å². The van der Waals surface area contributed by atoms with Crippen molar-refractivity contribution < 1.29 is 8.91 Å². The van der Waals surface area contributed by atoms with E-state index in [1.165, 1.54) is 12.1 Å². The molecule has 1 saturated heterocycles. The van der Waals surface area contributed by atoms with Gasteiger partial charge in [-0.3, -0.25) is 4.90 Å². The molecule has 4 aromatic rings. The van der Waals surface area contributed by atoms with Crippen molar-refractivity contribution in [3.63, 3.8) is 0 Å². The molecule has 0 spiro atoms. The fourth-order valence-corrected chi connectivity index (χ4v) is 4.24. The predicted octanol–water partition coefficient (Wildman–Crippen LogP) is 4.16. The molecular weight excluding hydrogens is 395 g/mol. The summed E-state index contributed by atoms with van der Waals surface area (Å²) in [6.45, 7) is 2.71. The molecule has 1 aliphatic heterocycles. The molecule has 0 aliphatic carbocycles. The number of hydrogen-bond acceptors (Lipinski definition) is 6. The van der Waals surface area contributed by atoms with E-state index in [0.29, 0.717) is 11.9 Å². The van der Waals surface area contributed by atoms with Gasteiger partial charge in [-0.1, -0.05) is 5.16 Å². The lowest BCUT2D eigenvalue weighted by Gasteiger charge is -2.33. The molecule has 0 atom stereocenters. The SMILES string of the molecule is Nc1cc(-c2c(-c3ccc(F)cc3)ncn2C2CCN(Cc3ccon3)CC2)ccn1. The summed E-state index contributed by atoms with van der Waals surface area (Å²) in [6, 6.07) is 12.5. The second-order valence-electron chi connectivity index (χ2n) is 7.82. The summed E-state index contributed by atoms with van der Waals surface area (Å²) in [4.78, 5) is 11.2.